The van der Waals surface area contributed by atoms with Crippen LogP contribution in [0.15, 0.2) is 42.5 Å². The molecule has 6 nitrogen and oxygen atoms in total. The fourth-order valence-corrected chi connectivity index (χ4v) is 3.23. The summed E-state index contributed by atoms with van der Waals surface area (Å²) in [7, 11) is 1.38. The lowest BCUT2D eigenvalue weighted by Gasteiger charge is -2.34. The molecule has 0 spiro atoms. The van der Waals surface area contributed by atoms with Gasteiger partial charge in [0.05, 0.1) is 24.4 Å². The number of nitrogens with zero attached hydrogens (tertiary/aromatic N) is 2. The van der Waals surface area contributed by atoms with Gasteiger partial charge in [-0.25, -0.2) is 4.39 Å². The number of hydrogen-bond acceptors (Lipinski definition) is 4. The van der Waals surface area contributed by atoms with Crippen LogP contribution in [0.3, 0.4) is 0 Å². The second-order valence-electron chi connectivity index (χ2n) is 6.45. The number of hydrogen-bond donors (Lipinski definition) is 1. The zero-order valence-electron chi connectivity index (χ0n) is 15.5. The zero-order valence-corrected chi connectivity index (χ0v) is 16.2. The minimum absolute atomic E-state index is 0.103. The molecule has 0 aliphatic carbocycles. The Morgan fingerprint density at radius 2 is 1.86 bits per heavy atom. The summed E-state index contributed by atoms with van der Waals surface area (Å²) < 4.78 is 18.7. The SMILES string of the molecule is COc1ccc(C(=O)N2CCN(CC(=O)Nc3ccccc3Cl)CC2)cc1F. The molecule has 1 aliphatic heterocycles. The largest absolute Gasteiger partial charge is 0.494 e. The molecule has 0 aromatic heterocycles. The second-order valence-corrected chi connectivity index (χ2v) is 6.85. The molecule has 148 valence electrons. The predicted octanol–water partition coefficient (Wildman–Crippen LogP) is 2.88. The van der Waals surface area contributed by atoms with Gasteiger partial charge in [-0.15, -0.1) is 0 Å². The normalized spacial score (nSPS) is 14.6. The second kappa shape index (κ2) is 9.03. The molecule has 1 saturated heterocycles. The van der Waals surface area contributed by atoms with E-state index in [9.17, 15) is 14.0 Å². The van der Waals surface area contributed by atoms with Gasteiger partial charge in [-0.3, -0.25) is 14.5 Å². The first-order chi connectivity index (χ1) is 13.5. The number of anilines is 1. The van der Waals surface area contributed by atoms with Gasteiger partial charge >= 0.3 is 0 Å². The van der Waals surface area contributed by atoms with Crippen molar-refractivity contribution in [2.45, 2.75) is 0 Å². The number of para-hydroxylation sites is 1. The average Bonchev–Trinajstić information content (AvgIpc) is 2.69. The third-order valence-corrected chi connectivity index (χ3v) is 4.90. The van der Waals surface area contributed by atoms with Crippen molar-refractivity contribution in [1.29, 1.82) is 0 Å². The maximum absolute atomic E-state index is 13.8. The third-order valence-electron chi connectivity index (χ3n) is 4.57. The van der Waals surface area contributed by atoms with Crippen LogP contribution in [-0.2, 0) is 4.79 Å². The summed E-state index contributed by atoms with van der Waals surface area (Å²) in [6, 6.07) is 11.2. The topological polar surface area (TPSA) is 61.9 Å². The van der Waals surface area contributed by atoms with E-state index in [1.807, 2.05) is 4.90 Å². The molecule has 0 atom stereocenters. The first-order valence-electron chi connectivity index (χ1n) is 8.87. The Morgan fingerprint density at radius 3 is 2.50 bits per heavy atom. The molecular formula is C20H21ClFN3O3. The summed E-state index contributed by atoms with van der Waals surface area (Å²) in [6.07, 6.45) is 0. The molecule has 3 rings (SSSR count). The molecule has 1 N–H and O–H groups in total. The molecule has 8 heteroatoms. The maximum Gasteiger partial charge on any atom is 0.254 e. The first kappa shape index (κ1) is 20.1. The number of carbonyl (C=O) groups is 2. The number of amides is 2. The summed E-state index contributed by atoms with van der Waals surface area (Å²) in [5.74, 6) is -0.860. The number of rotatable bonds is 5. The van der Waals surface area contributed by atoms with Crippen LogP contribution in [0, 0.1) is 5.82 Å². The minimum Gasteiger partial charge on any atom is -0.494 e. The molecule has 0 bridgehead atoms. The van der Waals surface area contributed by atoms with Crippen LogP contribution in [0.1, 0.15) is 10.4 Å². The van der Waals surface area contributed by atoms with E-state index in [-0.39, 0.29) is 29.7 Å². The highest BCUT2D eigenvalue weighted by Crippen LogP contribution is 2.21. The van der Waals surface area contributed by atoms with Crippen LogP contribution < -0.4 is 10.1 Å². The van der Waals surface area contributed by atoms with Crippen molar-refractivity contribution < 1.29 is 18.7 Å². The number of nitrogens with one attached hydrogen (secondary N) is 1. The average molecular weight is 406 g/mol. The standard InChI is InChI=1S/C20H21ClFN3O3/c1-28-18-7-6-14(12-16(18)22)20(27)25-10-8-24(9-11-25)13-19(26)23-17-5-3-2-4-15(17)21/h2-7,12H,8-11,13H2,1H3,(H,23,26). The molecule has 2 amide bonds. The number of ether oxygens (including phenoxy) is 1. The molecule has 2 aromatic carbocycles. The van der Waals surface area contributed by atoms with Crippen molar-refractivity contribution in [2.24, 2.45) is 0 Å². The Hall–Kier alpha value is -2.64. The number of piperazine rings is 1. The van der Waals surface area contributed by atoms with Crippen molar-refractivity contribution in [1.82, 2.24) is 9.80 Å². The van der Waals surface area contributed by atoms with E-state index in [1.54, 1.807) is 35.2 Å². The van der Waals surface area contributed by atoms with Gasteiger partial charge in [0.15, 0.2) is 11.6 Å². The van der Waals surface area contributed by atoms with E-state index in [0.717, 1.165) is 0 Å². The van der Waals surface area contributed by atoms with Crippen molar-refractivity contribution in [3.63, 3.8) is 0 Å². The highest BCUT2D eigenvalue weighted by Gasteiger charge is 2.24. The van der Waals surface area contributed by atoms with Gasteiger partial charge in [-0.2, -0.15) is 0 Å². The molecule has 1 heterocycles. The predicted molar refractivity (Wildman–Crippen MR) is 105 cm³/mol. The Labute approximate surface area is 167 Å². The van der Waals surface area contributed by atoms with Gasteiger partial charge in [0, 0.05) is 31.7 Å². The van der Waals surface area contributed by atoms with Crippen molar-refractivity contribution >= 4 is 29.1 Å². The van der Waals surface area contributed by atoms with Crippen LogP contribution in [-0.4, -0.2) is 61.4 Å². The molecule has 1 fully saturated rings. The molecule has 1 aliphatic rings. The number of methoxy groups -OCH3 is 1. The lowest BCUT2D eigenvalue weighted by Crippen LogP contribution is -2.50. The zero-order chi connectivity index (χ0) is 20.1. The van der Waals surface area contributed by atoms with E-state index < -0.39 is 5.82 Å². The monoisotopic (exact) mass is 405 g/mol. The van der Waals surface area contributed by atoms with Gasteiger partial charge in [0.1, 0.15) is 0 Å². The Kier molecular flexibility index (Phi) is 6.49. The highest BCUT2D eigenvalue weighted by molar-refractivity contribution is 6.33. The van der Waals surface area contributed by atoms with Crippen LogP contribution in [0.4, 0.5) is 10.1 Å². The fraction of sp³-hybridized carbons (Fsp3) is 0.300. The first-order valence-corrected chi connectivity index (χ1v) is 9.25. The van der Waals surface area contributed by atoms with Crippen LogP contribution in [0.5, 0.6) is 5.75 Å². The summed E-state index contributed by atoms with van der Waals surface area (Å²) in [5, 5.41) is 3.27. The van der Waals surface area contributed by atoms with E-state index >= 15 is 0 Å². The van der Waals surface area contributed by atoms with Crippen molar-refractivity contribution in [2.75, 3.05) is 45.2 Å². The Morgan fingerprint density at radius 1 is 1.14 bits per heavy atom. The fourth-order valence-electron chi connectivity index (χ4n) is 3.05. The Balaban J connectivity index is 1.51. The molecule has 2 aromatic rings. The van der Waals surface area contributed by atoms with Crippen LogP contribution >= 0.6 is 11.6 Å². The van der Waals surface area contributed by atoms with E-state index in [0.29, 0.717) is 36.9 Å². The van der Waals surface area contributed by atoms with Gasteiger partial charge in [-0.05, 0) is 30.3 Å². The number of halogens is 2. The lowest BCUT2D eigenvalue weighted by atomic mass is 10.1. The summed E-state index contributed by atoms with van der Waals surface area (Å²) in [6.45, 7) is 2.25. The van der Waals surface area contributed by atoms with Crippen molar-refractivity contribution in [3.8, 4) is 5.75 Å². The van der Waals surface area contributed by atoms with Crippen LogP contribution in [0.2, 0.25) is 5.02 Å². The van der Waals surface area contributed by atoms with Crippen molar-refractivity contribution in [3.05, 3.63) is 58.9 Å². The molecule has 0 unspecified atom stereocenters. The van der Waals surface area contributed by atoms with Gasteiger partial charge in [0.2, 0.25) is 5.91 Å². The number of benzene rings is 2. The smallest absolute Gasteiger partial charge is 0.254 e. The van der Waals surface area contributed by atoms with E-state index in [1.165, 1.54) is 19.2 Å². The van der Waals surface area contributed by atoms with E-state index in [2.05, 4.69) is 5.32 Å². The van der Waals surface area contributed by atoms with Crippen LogP contribution in [0.25, 0.3) is 0 Å². The number of carbonyl (C=O) groups excluding carboxylic acids is 2. The third kappa shape index (κ3) is 4.79. The summed E-state index contributed by atoms with van der Waals surface area (Å²) >= 11 is 6.05. The molecule has 0 saturated carbocycles. The van der Waals surface area contributed by atoms with Gasteiger partial charge in [-0.1, -0.05) is 23.7 Å². The van der Waals surface area contributed by atoms with Gasteiger partial charge < -0.3 is 15.0 Å². The highest BCUT2D eigenvalue weighted by atomic mass is 35.5. The summed E-state index contributed by atoms with van der Waals surface area (Å²) in [4.78, 5) is 28.4. The Bertz CT molecular complexity index is 870. The van der Waals surface area contributed by atoms with Gasteiger partial charge in [0.25, 0.3) is 5.91 Å². The molecule has 28 heavy (non-hydrogen) atoms. The minimum atomic E-state index is -0.566. The molecule has 0 radical (unpaired) electrons. The lowest BCUT2D eigenvalue weighted by molar-refractivity contribution is -0.117. The quantitative estimate of drug-likeness (QED) is 0.830. The molecular weight excluding hydrogens is 385 g/mol. The maximum atomic E-state index is 13.8. The van der Waals surface area contributed by atoms with E-state index in [4.69, 9.17) is 16.3 Å². The summed E-state index contributed by atoms with van der Waals surface area (Å²) in [5.41, 5.74) is 0.854.